The molecule has 2 rings (SSSR count). The van der Waals surface area contributed by atoms with E-state index in [1.54, 1.807) is 18.3 Å². The number of thiophene rings is 1. The van der Waals surface area contributed by atoms with Gasteiger partial charge in [0.05, 0.1) is 6.04 Å². The highest BCUT2D eigenvalue weighted by Crippen LogP contribution is 2.25. The second-order valence-electron chi connectivity index (χ2n) is 5.34. The van der Waals surface area contributed by atoms with Crippen molar-refractivity contribution in [2.24, 2.45) is 5.92 Å². The molecule has 7 nitrogen and oxygen atoms in total. The molecule has 8 heteroatoms. The molecule has 118 valence electrons. The largest absolute Gasteiger partial charge is 0.381 e. The Labute approximate surface area is 132 Å². The van der Waals surface area contributed by atoms with Crippen LogP contribution < -0.4 is 5.32 Å². The van der Waals surface area contributed by atoms with Gasteiger partial charge < -0.3 is 15.4 Å². The Hall–Kier alpha value is -2.22. The second-order valence-corrected chi connectivity index (χ2v) is 6.32. The molecule has 0 aromatic carbocycles. The fraction of sp³-hybridized carbons (Fsp3) is 0.429. The molecule has 0 saturated heterocycles. The van der Waals surface area contributed by atoms with E-state index in [-0.39, 0.29) is 30.2 Å². The molecule has 0 saturated carbocycles. The monoisotopic (exact) mass is 322 g/mol. The molecular weight excluding hydrogens is 304 g/mol. The third-order valence-electron chi connectivity index (χ3n) is 3.30. The van der Waals surface area contributed by atoms with Crippen molar-refractivity contribution in [2.45, 2.75) is 33.4 Å². The average molecular weight is 322 g/mol. The Morgan fingerprint density at radius 2 is 2.27 bits per heavy atom. The van der Waals surface area contributed by atoms with Gasteiger partial charge in [-0.3, -0.25) is 9.36 Å². The van der Waals surface area contributed by atoms with Gasteiger partial charge in [-0.15, -0.1) is 11.3 Å². The number of aryl methyl sites for hydroxylation is 1. The molecule has 0 aliphatic heterocycles. The van der Waals surface area contributed by atoms with E-state index in [2.05, 4.69) is 10.3 Å². The van der Waals surface area contributed by atoms with Gasteiger partial charge >= 0.3 is 5.82 Å². The van der Waals surface area contributed by atoms with E-state index in [4.69, 9.17) is 0 Å². The fourth-order valence-electron chi connectivity index (χ4n) is 2.15. The van der Waals surface area contributed by atoms with Crippen molar-refractivity contribution < 1.29 is 9.72 Å². The highest BCUT2D eigenvalue weighted by molar-refractivity contribution is 7.10. The molecule has 0 bridgehead atoms. The predicted octanol–water partition coefficient (Wildman–Crippen LogP) is 2.67. The van der Waals surface area contributed by atoms with Crippen LogP contribution in [-0.2, 0) is 11.3 Å². The minimum Gasteiger partial charge on any atom is -0.358 e. The van der Waals surface area contributed by atoms with Crippen LogP contribution in [0.2, 0.25) is 0 Å². The molecule has 0 aliphatic carbocycles. The topological polar surface area (TPSA) is 90.1 Å². The minimum absolute atomic E-state index is 0.0151. The van der Waals surface area contributed by atoms with Gasteiger partial charge in [0.25, 0.3) is 0 Å². The van der Waals surface area contributed by atoms with Crippen LogP contribution in [-0.4, -0.2) is 20.4 Å². The molecule has 2 aromatic rings. The Morgan fingerprint density at radius 1 is 1.55 bits per heavy atom. The number of imidazole rings is 1. The molecule has 1 atom stereocenters. The summed E-state index contributed by atoms with van der Waals surface area (Å²) in [4.78, 5) is 27.3. The Bertz CT molecular complexity index is 664. The first-order chi connectivity index (χ1) is 10.4. The normalized spacial score (nSPS) is 12.4. The predicted molar refractivity (Wildman–Crippen MR) is 83.7 cm³/mol. The van der Waals surface area contributed by atoms with Gasteiger partial charge in [-0.25, -0.2) is 0 Å². The fourth-order valence-corrected chi connectivity index (χ4v) is 3.10. The summed E-state index contributed by atoms with van der Waals surface area (Å²) in [7, 11) is 0. The lowest BCUT2D eigenvalue weighted by atomic mass is 10.0. The summed E-state index contributed by atoms with van der Waals surface area (Å²) in [5, 5.41) is 15.7. The number of nitro groups is 1. The summed E-state index contributed by atoms with van der Waals surface area (Å²) in [5.41, 5.74) is 0. The maximum Gasteiger partial charge on any atom is 0.381 e. The number of amides is 1. The van der Waals surface area contributed by atoms with Crippen molar-refractivity contribution in [2.75, 3.05) is 0 Å². The summed E-state index contributed by atoms with van der Waals surface area (Å²) in [6.07, 6.45) is 1.28. The lowest BCUT2D eigenvalue weighted by Crippen LogP contribution is -2.33. The summed E-state index contributed by atoms with van der Waals surface area (Å²) in [5.74, 6) is 0.256. The Balaban J connectivity index is 2.07. The van der Waals surface area contributed by atoms with Crippen LogP contribution >= 0.6 is 11.3 Å². The van der Waals surface area contributed by atoms with E-state index in [9.17, 15) is 14.9 Å². The third kappa shape index (κ3) is 3.70. The van der Waals surface area contributed by atoms with Gasteiger partial charge in [0.1, 0.15) is 12.7 Å². The number of hydrogen-bond acceptors (Lipinski definition) is 5. The van der Waals surface area contributed by atoms with Crippen molar-refractivity contribution in [3.63, 3.8) is 0 Å². The van der Waals surface area contributed by atoms with Crippen LogP contribution in [0.4, 0.5) is 5.82 Å². The number of rotatable bonds is 6. The van der Waals surface area contributed by atoms with E-state index in [1.807, 2.05) is 31.4 Å². The average Bonchev–Trinajstić information content (AvgIpc) is 3.06. The maximum atomic E-state index is 12.2. The zero-order chi connectivity index (χ0) is 16.3. The van der Waals surface area contributed by atoms with Crippen molar-refractivity contribution >= 4 is 23.1 Å². The molecule has 2 heterocycles. The smallest absolute Gasteiger partial charge is 0.358 e. The van der Waals surface area contributed by atoms with Crippen molar-refractivity contribution in [3.05, 3.63) is 44.5 Å². The molecule has 1 N–H and O–H groups in total. The molecule has 0 radical (unpaired) electrons. The first-order valence-electron chi connectivity index (χ1n) is 6.89. The molecular formula is C14H18N4O3S. The van der Waals surface area contributed by atoms with E-state index in [0.29, 0.717) is 5.82 Å². The summed E-state index contributed by atoms with van der Waals surface area (Å²) in [6.45, 7) is 5.73. The van der Waals surface area contributed by atoms with Crippen molar-refractivity contribution in [1.29, 1.82) is 0 Å². The van der Waals surface area contributed by atoms with Gasteiger partial charge in [-0.1, -0.05) is 19.9 Å². The molecule has 0 unspecified atom stereocenters. The van der Waals surface area contributed by atoms with Gasteiger partial charge in [-0.05, 0) is 27.3 Å². The van der Waals surface area contributed by atoms with E-state index >= 15 is 0 Å². The van der Waals surface area contributed by atoms with Crippen LogP contribution in [0.5, 0.6) is 0 Å². The number of aromatic nitrogens is 2. The van der Waals surface area contributed by atoms with Crippen LogP contribution in [0.3, 0.4) is 0 Å². The number of carbonyl (C=O) groups is 1. The molecule has 22 heavy (non-hydrogen) atoms. The SMILES string of the molecule is Cc1nc([N+](=O)[O-])cn1CC(=O)N[C@H](c1cccs1)C(C)C. The van der Waals surface area contributed by atoms with Crippen LogP contribution in [0.15, 0.2) is 23.7 Å². The zero-order valence-corrected chi connectivity index (χ0v) is 13.5. The maximum absolute atomic E-state index is 12.2. The van der Waals surface area contributed by atoms with Gasteiger partial charge in [-0.2, -0.15) is 0 Å². The van der Waals surface area contributed by atoms with Gasteiger partial charge in [0, 0.05) is 11.8 Å². The lowest BCUT2D eigenvalue weighted by molar-refractivity contribution is -0.389. The Morgan fingerprint density at radius 3 is 2.77 bits per heavy atom. The van der Waals surface area contributed by atoms with Crippen molar-refractivity contribution in [3.8, 4) is 0 Å². The van der Waals surface area contributed by atoms with Crippen LogP contribution in [0, 0.1) is 23.0 Å². The highest BCUT2D eigenvalue weighted by atomic mass is 32.1. The van der Waals surface area contributed by atoms with E-state index in [0.717, 1.165) is 4.88 Å². The van der Waals surface area contributed by atoms with Crippen LogP contribution in [0.25, 0.3) is 0 Å². The first kappa shape index (κ1) is 16.2. The van der Waals surface area contributed by atoms with Gasteiger partial charge in [0.15, 0.2) is 0 Å². The summed E-state index contributed by atoms with van der Waals surface area (Å²) >= 11 is 1.60. The number of nitrogens with one attached hydrogen (secondary N) is 1. The summed E-state index contributed by atoms with van der Waals surface area (Å²) < 4.78 is 1.49. The van der Waals surface area contributed by atoms with Crippen molar-refractivity contribution in [1.82, 2.24) is 14.9 Å². The zero-order valence-electron chi connectivity index (χ0n) is 12.6. The van der Waals surface area contributed by atoms with E-state index < -0.39 is 4.92 Å². The minimum atomic E-state index is -0.566. The number of nitrogens with zero attached hydrogens (tertiary/aromatic N) is 3. The number of carbonyl (C=O) groups excluding carboxylic acids is 1. The number of hydrogen-bond donors (Lipinski definition) is 1. The standard InChI is InChI=1S/C14H18N4O3S/c1-9(2)14(11-5-4-6-22-11)16-13(19)8-17-7-12(18(20)21)15-10(17)3/h4-7,9,14H,8H2,1-3H3,(H,16,19)/t14-/m0/s1. The third-order valence-corrected chi connectivity index (χ3v) is 4.25. The Kier molecular flexibility index (Phi) is 4.92. The molecule has 0 spiro atoms. The molecule has 0 fully saturated rings. The second kappa shape index (κ2) is 6.69. The summed E-state index contributed by atoms with van der Waals surface area (Å²) in [6, 6.07) is 3.87. The molecule has 1 amide bonds. The first-order valence-corrected chi connectivity index (χ1v) is 7.77. The van der Waals surface area contributed by atoms with Gasteiger partial charge in [0.2, 0.25) is 11.7 Å². The lowest BCUT2D eigenvalue weighted by Gasteiger charge is -2.21. The van der Waals surface area contributed by atoms with Crippen LogP contribution in [0.1, 0.15) is 30.6 Å². The molecule has 0 aliphatic rings. The molecule has 2 aromatic heterocycles. The quantitative estimate of drug-likeness (QED) is 0.654. The van der Waals surface area contributed by atoms with E-state index in [1.165, 1.54) is 10.8 Å². The highest BCUT2D eigenvalue weighted by Gasteiger charge is 2.21.